The van der Waals surface area contributed by atoms with Crippen molar-refractivity contribution in [2.45, 2.75) is 25.7 Å². The molecule has 1 aromatic heterocycles. The normalized spacial score (nSPS) is 14.8. The number of anilines is 3. The average molecular weight is 446 g/mol. The highest BCUT2D eigenvalue weighted by atomic mass is 16.5. The smallest absolute Gasteiger partial charge is 0.253 e. The molecule has 7 nitrogen and oxygen atoms in total. The Morgan fingerprint density at radius 2 is 1.79 bits per heavy atom. The Bertz CT molecular complexity index is 1300. The fraction of sp³-hybridized carbons (Fsp3) is 0.385. The zero-order valence-corrected chi connectivity index (χ0v) is 20.0. The van der Waals surface area contributed by atoms with Crippen molar-refractivity contribution < 1.29 is 4.74 Å². The Balaban J connectivity index is 1.82. The molecular weight excluding hydrogens is 414 g/mol. The number of nitriles is 1. The number of hydrogen-bond donors (Lipinski definition) is 2. The van der Waals surface area contributed by atoms with Gasteiger partial charge in [-0.1, -0.05) is 0 Å². The minimum atomic E-state index is -0.0353. The number of pyridine rings is 1. The van der Waals surface area contributed by atoms with Gasteiger partial charge in [0.25, 0.3) is 5.56 Å². The molecule has 2 heterocycles. The molecule has 0 saturated carbocycles. The molecule has 3 aromatic rings. The molecule has 172 valence electrons. The van der Waals surface area contributed by atoms with Crippen LogP contribution in [0.4, 0.5) is 17.1 Å². The summed E-state index contributed by atoms with van der Waals surface area (Å²) in [5.41, 5.74) is 5.77. The summed E-state index contributed by atoms with van der Waals surface area (Å²) in [6.45, 7) is 3.90. The van der Waals surface area contributed by atoms with Crippen molar-refractivity contribution in [2.75, 3.05) is 44.9 Å². The van der Waals surface area contributed by atoms with E-state index in [4.69, 9.17) is 4.74 Å². The lowest BCUT2D eigenvalue weighted by atomic mass is 9.86. The quantitative estimate of drug-likeness (QED) is 0.609. The van der Waals surface area contributed by atoms with Crippen LogP contribution in [0.5, 0.6) is 5.75 Å². The van der Waals surface area contributed by atoms with Crippen LogP contribution < -0.4 is 20.9 Å². The molecule has 4 rings (SSSR count). The van der Waals surface area contributed by atoms with Crippen LogP contribution in [0.15, 0.2) is 35.1 Å². The topological polar surface area (TPSA) is 82.3 Å². The van der Waals surface area contributed by atoms with Gasteiger partial charge < -0.3 is 24.8 Å². The van der Waals surface area contributed by atoms with E-state index >= 15 is 0 Å². The molecule has 33 heavy (non-hydrogen) atoms. The van der Waals surface area contributed by atoms with E-state index in [1.54, 1.807) is 18.7 Å². The van der Waals surface area contributed by atoms with E-state index in [0.29, 0.717) is 22.8 Å². The first kappa shape index (κ1) is 22.7. The van der Waals surface area contributed by atoms with Crippen molar-refractivity contribution in [2.24, 2.45) is 7.05 Å². The molecule has 2 N–H and O–H groups in total. The maximum absolute atomic E-state index is 12.5. The number of benzene rings is 2. The third-order valence-corrected chi connectivity index (χ3v) is 6.74. The van der Waals surface area contributed by atoms with E-state index in [9.17, 15) is 10.1 Å². The molecule has 1 saturated heterocycles. The van der Waals surface area contributed by atoms with E-state index in [-0.39, 0.29) is 5.56 Å². The minimum absolute atomic E-state index is 0.0353. The van der Waals surface area contributed by atoms with Crippen LogP contribution in [-0.4, -0.2) is 43.8 Å². The van der Waals surface area contributed by atoms with E-state index in [0.717, 1.165) is 59.5 Å². The molecule has 0 atom stereocenters. The molecule has 0 radical (unpaired) electrons. The molecule has 1 fully saturated rings. The Morgan fingerprint density at radius 1 is 1.06 bits per heavy atom. The van der Waals surface area contributed by atoms with Crippen LogP contribution in [0.3, 0.4) is 0 Å². The minimum Gasteiger partial charge on any atom is -0.497 e. The number of rotatable bonds is 5. The summed E-state index contributed by atoms with van der Waals surface area (Å²) in [7, 11) is 7.41. The zero-order valence-electron chi connectivity index (χ0n) is 20.0. The Hall–Kier alpha value is -3.50. The lowest BCUT2D eigenvalue weighted by molar-refractivity contribution is 0.255. The zero-order chi connectivity index (χ0) is 23.7. The number of aryl methyl sites for hydroxylation is 2. The predicted octanol–water partition coefficient (Wildman–Crippen LogP) is 4.32. The molecular formula is C26H31N5O2. The van der Waals surface area contributed by atoms with Gasteiger partial charge in [-0.2, -0.15) is 5.26 Å². The van der Waals surface area contributed by atoms with Crippen molar-refractivity contribution in [1.29, 1.82) is 5.26 Å². The molecule has 0 amide bonds. The van der Waals surface area contributed by atoms with Crippen LogP contribution >= 0.6 is 0 Å². The Morgan fingerprint density at radius 3 is 2.42 bits per heavy atom. The summed E-state index contributed by atoms with van der Waals surface area (Å²) < 4.78 is 7.15. The first-order valence-corrected chi connectivity index (χ1v) is 11.3. The molecule has 0 aliphatic carbocycles. The molecule has 0 unspecified atom stereocenters. The highest BCUT2D eigenvalue weighted by molar-refractivity contribution is 5.96. The maximum Gasteiger partial charge on any atom is 0.253 e. The number of likely N-dealkylation sites (tertiary alicyclic amines) is 1. The maximum atomic E-state index is 12.5. The number of aromatic nitrogens is 1. The molecule has 2 aromatic carbocycles. The number of ether oxygens (including phenoxy) is 1. The van der Waals surface area contributed by atoms with Gasteiger partial charge in [0.15, 0.2) is 0 Å². The molecule has 0 spiro atoms. The fourth-order valence-electron chi connectivity index (χ4n) is 4.74. The van der Waals surface area contributed by atoms with Crippen molar-refractivity contribution in [3.63, 3.8) is 0 Å². The first-order chi connectivity index (χ1) is 15.9. The predicted molar refractivity (Wildman–Crippen MR) is 134 cm³/mol. The van der Waals surface area contributed by atoms with Crippen LogP contribution in [-0.2, 0) is 7.05 Å². The van der Waals surface area contributed by atoms with Gasteiger partial charge in [-0.15, -0.1) is 0 Å². The van der Waals surface area contributed by atoms with Gasteiger partial charge in [0, 0.05) is 37.2 Å². The highest BCUT2D eigenvalue weighted by Gasteiger charge is 2.23. The number of nitrogens with one attached hydrogen (secondary N) is 2. The Kier molecular flexibility index (Phi) is 6.30. The van der Waals surface area contributed by atoms with Crippen molar-refractivity contribution in [3.8, 4) is 11.8 Å². The number of piperidine rings is 1. The molecule has 1 aliphatic rings. The second-order valence-electron chi connectivity index (χ2n) is 8.85. The van der Waals surface area contributed by atoms with E-state index < -0.39 is 0 Å². The van der Waals surface area contributed by atoms with E-state index in [1.165, 1.54) is 0 Å². The number of methoxy groups -OCH3 is 1. The summed E-state index contributed by atoms with van der Waals surface area (Å²) in [5.74, 6) is 1.03. The second-order valence-corrected chi connectivity index (χ2v) is 8.85. The number of nitrogens with zero attached hydrogens (tertiary/aromatic N) is 3. The summed E-state index contributed by atoms with van der Waals surface area (Å²) in [6, 6.07) is 12.1. The van der Waals surface area contributed by atoms with E-state index in [1.807, 2.05) is 38.2 Å². The number of hydrogen-bond acceptors (Lipinski definition) is 6. The molecule has 7 heteroatoms. The summed E-state index contributed by atoms with van der Waals surface area (Å²) in [5, 5.41) is 17.7. The molecule has 1 aliphatic heterocycles. The lowest BCUT2D eigenvalue weighted by Gasteiger charge is -2.30. The van der Waals surface area contributed by atoms with Crippen molar-refractivity contribution in [3.05, 3.63) is 57.4 Å². The summed E-state index contributed by atoms with van der Waals surface area (Å²) in [4.78, 5) is 14.8. The van der Waals surface area contributed by atoms with Gasteiger partial charge in [0.05, 0.1) is 41.3 Å². The van der Waals surface area contributed by atoms with Gasteiger partial charge in [0.2, 0.25) is 0 Å². The SMILES string of the molecule is CNc1cc(C2CCN(C)CC2)c(C#N)cc1Nc1cc(OC)cc2c1cc(C)c(=O)n2C. The van der Waals surface area contributed by atoms with E-state index in [2.05, 4.69) is 34.7 Å². The largest absolute Gasteiger partial charge is 0.497 e. The van der Waals surface area contributed by atoms with Gasteiger partial charge in [0.1, 0.15) is 5.75 Å². The van der Waals surface area contributed by atoms with Crippen molar-refractivity contribution >= 4 is 28.0 Å². The van der Waals surface area contributed by atoms with Crippen molar-refractivity contribution in [1.82, 2.24) is 9.47 Å². The monoisotopic (exact) mass is 445 g/mol. The first-order valence-electron chi connectivity index (χ1n) is 11.3. The van der Waals surface area contributed by atoms with Gasteiger partial charge in [-0.3, -0.25) is 4.79 Å². The highest BCUT2D eigenvalue weighted by Crippen LogP contribution is 2.38. The van der Waals surface area contributed by atoms with Gasteiger partial charge >= 0.3 is 0 Å². The third kappa shape index (κ3) is 4.27. The third-order valence-electron chi connectivity index (χ3n) is 6.74. The summed E-state index contributed by atoms with van der Waals surface area (Å²) >= 11 is 0. The number of fused-ring (bicyclic) bond motifs is 1. The lowest BCUT2D eigenvalue weighted by Crippen LogP contribution is -2.29. The Labute approximate surface area is 194 Å². The van der Waals surface area contributed by atoms with Gasteiger partial charge in [-0.05, 0) is 69.6 Å². The van der Waals surface area contributed by atoms with Crippen LogP contribution in [0, 0.1) is 18.3 Å². The van der Waals surface area contributed by atoms with Crippen LogP contribution in [0.25, 0.3) is 10.9 Å². The molecule has 0 bridgehead atoms. The van der Waals surface area contributed by atoms with Crippen LogP contribution in [0.2, 0.25) is 0 Å². The van der Waals surface area contributed by atoms with Gasteiger partial charge in [-0.25, -0.2) is 0 Å². The summed E-state index contributed by atoms with van der Waals surface area (Å²) in [6.07, 6.45) is 2.10. The average Bonchev–Trinajstić information content (AvgIpc) is 2.83. The second kappa shape index (κ2) is 9.16. The standard InChI is InChI=1S/C26H31N5O2/c1-16-10-21-22(12-19(33-5)13-25(21)31(4)26(16)32)29-24-11-18(15-27)20(14-23(24)28-2)17-6-8-30(3)9-7-17/h10-14,17,28-29H,6-9H2,1-5H3. The fourth-order valence-corrected chi connectivity index (χ4v) is 4.74. The van der Waals surface area contributed by atoms with Crippen LogP contribution in [0.1, 0.15) is 35.4 Å².